The lowest BCUT2D eigenvalue weighted by molar-refractivity contribution is 0.168. The Morgan fingerprint density at radius 2 is 1.65 bits per heavy atom. The second-order valence-electron chi connectivity index (χ2n) is 7.93. The third-order valence-corrected chi connectivity index (χ3v) is 7.79. The van der Waals surface area contributed by atoms with Gasteiger partial charge >= 0.3 is 0 Å². The Kier molecular flexibility index (Phi) is 6.50. The van der Waals surface area contributed by atoms with Gasteiger partial charge in [-0.1, -0.05) is 44.2 Å². The van der Waals surface area contributed by atoms with E-state index < -0.39 is 10.0 Å². The fourth-order valence-corrected chi connectivity index (χ4v) is 5.11. The van der Waals surface area contributed by atoms with Gasteiger partial charge in [0.1, 0.15) is 0 Å². The van der Waals surface area contributed by atoms with Crippen LogP contribution >= 0.6 is 0 Å². The molecule has 31 heavy (non-hydrogen) atoms. The Morgan fingerprint density at radius 1 is 0.968 bits per heavy atom. The van der Waals surface area contributed by atoms with E-state index >= 15 is 0 Å². The quantitative estimate of drug-likeness (QED) is 0.557. The van der Waals surface area contributed by atoms with E-state index in [-0.39, 0.29) is 0 Å². The molecular weight excluding hydrogens is 412 g/mol. The molecule has 164 valence electrons. The van der Waals surface area contributed by atoms with Gasteiger partial charge in [-0.3, -0.25) is 4.90 Å². The smallest absolute Gasteiger partial charge is 0.247 e. The van der Waals surface area contributed by atoms with Gasteiger partial charge in [-0.2, -0.15) is 4.31 Å². The molecule has 1 atom stereocenters. The molecule has 1 saturated heterocycles. The van der Waals surface area contributed by atoms with Gasteiger partial charge in [0.15, 0.2) is 0 Å². The molecule has 4 rings (SSSR count). The van der Waals surface area contributed by atoms with Crippen molar-refractivity contribution in [1.29, 1.82) is 0 Å². The SMILES string of the molecule is CCC(C)c1ccc(S(=O)(=O)N2CCN(Cc3nnc(-c4ccccc4)o3)CC2)cc1. The van der Waals surface area contributed by atoms with E-state index in [1.165, 1.54) is 5.56 Å². The van der Waals surface area contributed by atoms with Gasteiger partial charge < -0.3 is 4.42 Å². The van der Waals surface area contributed by atoms with E-state index in [1.54, 1.807) is 16.4 Å². The van der Waals surface area contributed by atoms with Crippen LogP contribution in [-0.4, -0.2) is 54.0 Å². The van der Waals surface area contributed by atoms with Crippen LogP contribution in [0.25, 0.3) is 11.5 Å². The highest BCUT2D eigenvalue weighted by molar-refractivity contribution is 7.89. The maximum absolute atomic E-state index is 13.0. The first kappa shape index (κ1) is 21.7. The van der Waals surface area contributed by atoms with Gasteiger partial charge in [-0.05, 0) is 42.2 Å². The minimum atomic E-state index is -3.48. The van der Waals surface area contributed by atoms with Gasteiger partial charge in [0.05, 0.1) is 11.4 Å². The van der Waals surface area contributed by atoms with Crippen molar-refractivity contribution in [2.75, 3.05) is 26.2 Å². The molecule has 1 aliphatic heterocycles. The molecule has 0 saturated carbocycles. The van der Waals surface area contributed by atoms with Crippen molar-refractivity contribution in [2.24, 2.45) is 0 Å². The molecule has 0 bridgehead atoms. The lowest BCUT2D eigenvalue weighted by Crippen LogP contribution is -2.48. The van der Waals surface area contributed by atoms with Gasteiger partial charge in [-0.25, -0.2) is 8.42 Å². The Morgan fingerprint density at radius 3 is 2.29 bits per heavy atom. The molecule has 2 heterocycles. The second-order valence-corrected chi connectivity index (χ2v) is 9.86. The summed E-state index contributed by atoms with van der Waals surface area (Å²) in [6, 6.07) is 17.0. The topological polar surface area (TPSA) is 79.5 Å². The first-order valence-corrected chi connectivity index (χ1v) is 12.1. The van der Waals surface area contributed by atoms with E-state index in [9.17, 15) is 8.42 Å². The molecule has 8 heteroatoms. The molecule has 2 aromatic carbocycles. The number of hydrogen-bond donors (Lipinski definition) is 0. The summed E-state index contributed by atoms with van der Waals surface area (Å²) in [5.74, 6) is 1.46. The lowest BCUT2D eigenvalue weighted by atomic mass is 9.99. The third-order valence-electron chi connectivity index (χ3n) is 5.88. The van der Waals surface area contributed by atoms with E-state index in [4.69, 9.17) is 4.42 Å². The van der Waals surface area contributed by atoms with Crippen LogP contribution in [0.5, 0.6) is 0 Å². The highest BCUT2D eigenvalue weighted by Crippen LogP contribution is 2.23. The molecule has 0 amide bonds. The summed E-state index contributed by atoms with van der Waals surface area (Å²) in [4.78, 5) is 2.50. The van der Waals surface area contributed by atoms with Crippen LogP contribution in [-0.2, 0) is 16.6 Å². The fraction of sp³-hybridized carbons (Fsp3) is 0.391. The zero-order valence-corrected chi connectivity index (χ0v) is 18.8. The lowest BCUT2D eigenvalue weighted by Gasteiger charge is -2.33. The van der Waals surface area contributed by atoms with Crippen LogP contribution in [0.15, 0.2) is 63.9 Å². The molecule has 1 aromatic heterocycles. The minimum absolute atomic E-state index is 0.359. The average Bonchev–Trinajstić information content (AvgIpc) is 3.28. The molecule has 0 radical (unpaired) electrons. The van der Waals surface area contributed by atoms with Crippen LogP contribution in [0.2, 0.25) is 0 Å². The van der Waals surface area contributed by atoms with Gasteiger partial charge in [0, 0.05) is 31.7 Å². The van der Waals surface area contributed by atoms with Gasteiger partial charge in [0.25, 0.3) is 0 Å². The Hall–Kier alpha value is -2.55. The fourth-order valence-electron chi connectivity index (χ4n) is 3.69. The van der Waals surface area contributed by atoms with Crippen LogP contribution in [0, 0.1) is 0 Å². The second kappa shape index (κ2) is 9.30. The standard InChI is InChI=1S/C23H28N4O3S/c1-3-18(2)19-9-11-21(12-10-19)31(28,29)27-15-13-26(14-16-27)17-22-24-25-23(30-22)20-7-5-4-6-8-20/h4-12,18H,3,13-17H2,1-2H3. The van der Waals surface area contributed by atoms with Crippen molar-refractivity contribution in [3.63, 3.8) is 0 Å². The maximum atomic E-state index is 13.0. The molecule has 0 spiro atoms. The molecule has 0 N–H and O–H groups in total. The Bertz CT molecular complexity index is 1090. The van der Waals surface area contributed by atoms with Gasteiger partial charge in [-0.15, -0.1) is 10.2 Å². The summed E-state index contributed by atoms with van der Waals surface area (Å²) in [5, 5.41) is 8.26. The van der Waals surface area contributed by atoms with Crippen molar-refractivity contribution in [2.45, 2.75) is 37.6 Å². The molecule has 3 aromatic rings. The Balaban J connectivity index is 1.35. The highest BCUT2D eigenvalue weighted by Gasteiger charge is 2.29. The van der Waals surface area contributed by atoms with E-state index in [0.717, 1.165) is 12.0 Å². The van der Waals surface area contributed by atoms with Gasteiger partial charge in [0.2, 0.25) is 21.8 Å². The molecule has 1 aliphatic rings. The number of aromatic nitrogens is 2. The summed E-state index contributed by atoms with van der Waals surface area (Å²) in [7, 11) is -3.48. The number of nitrogens with zero attached hydrogens (tertiary/aromatic N) is 4. The van der Waals surface area contributed by atoms with Crippen LogP contribution in [0.3, 0.4) is 0 Å². The van der Waals surface area contributed by atoms with Crippen molar-refractivity contribution >= 4 is 10.0 Å². The molecule has 1 fully saturated rings. The predicted molar refractivity (Wildman–Crippen MR) is 119 cm³/mol. The predicted octanol–water partition coefficient (Wildman–Crippen LogP) is 3.76. The minimum Gasteiger partial charge on any atom is -0.419 e. The van der Waals surface area contributed by atoms with Crippen LogP contribution < -0.4 is 0 Å². The first-order valence-electron chi connectivity index (χ1n) is 10.7. The summed E-state index contributed by atoms with van der Waals surface area (Å²) < 4.78 is 33.4. The number of benzene rings is 2. The normalized spacial score (nSPS) is 17.0. The number of piperazine rings is 1. The van der Waals surface area contributed by atoms with Crippen molar-refractivity contribution in [1.82, 2.24) is 19.4 Å². The summed E-state index contributed by atoms with van der Waals surface area (Å²) in [6.45, 7) is 6.91. The highest BCUT2D eigenvalue weighted by atomic mass is 32.2. The first-order chi connectivity index (χ1) is 15.0. The number of rotatable bonds is 7. The molecular formula is C23H28N4O3S. The maximum Gasteiger partial charge on any atom is 0.247 e. The zero-order valence-electron chi connectivity index (χ0n) is 17.9. The summed E-state index contributed by atoms with van der Waals surface area (Å²) in [5.41, 5.74) is 2.05. The molecule has 7 nitrogen and oxygen atoms in total. The van der Waals surface area contributed by atoms with Crippen molar-refractivity contribution in [3.05, 3.63) is 66.1 Å². The number of hydrogen-bond acceptors (Lipinski definition) is 6. The molecule has 0 aliphatic carbocycles. The van der Waals surface area contributed by atoms with Crippen LogP contribution in [0.4, 0.5) is 0 Å². The van der Waals surface area contributed by atoms with Crippen molar-refractivity contribution in [3.8, 4) is 11.5 Å². The third kappa shape index (κ3) is 4.87. The largest absolute Gasteiger partial charge is 0.419 e. The Labute approximate surface area is 183 Å². The van der Waals surface area contributed by atoms with E-state index in [1.807, 2.05) is 42.5 Å². The van der Waals surface area contributed by atoms with E-state index in [2.05, 4.69) is 28.9 Å². The zero-order chi connectivity index (χ0) is 21.8. The number of sulfonamides is 1. The van der Waals surface area contributed by atoms with Crippen LogP contribution in [0.1, 0.15) is 37.6 Å². The molecule has 1 unspecified atom stereocenters. The monoisotopic (exact) mass is 440 g/mol. The summed E-state index contributed by atoms with van der Waals surface area (Å²) in [6.07, 6.45) is 1.03. The summed E-state index contributed by atoms with van der Waals surface area (Å²) >= 11 is 0. The van der Waals surface area contributed by atoms with E-state index in [0.29, 0.717) is 55.3 Å². The van der Waals surface area contributed by atoms with Crippen molar-refractivity contribution < 1.29 is 12.8 Å². The average molecular weight is 441 g/mol.